The first kappa shape index (κ1) is 19.3. The van der Waals surface area contributed by atoms with Gasteiger partial charge in [0.15, 0.2) is 0 Å². The molecular formula is C22H24N2O2S. The maximum absolute atomic E-state index is 12.4. The van der Waals surface area contributed by atoms with E-state index in [0.717, 1.165) is 6.42 Å². The van der Waals surface area contributed by atoms with Gasteiger partial charge in [-0.1, -0.05) is 62.4 Å². The van der Waals surface area contributed by atoms with E-state index < -0.39 is 6.09 Å². The van der Waals surface area contributed by atoms with Crippen molar-refractivity contribution < 1.29 is 9.53 Å². The highest BCUT2D eigenvalue weighted by molar-refractivity contribution is 7.78. The summed E-state index contributed by atoms with van der Waals surface area (Å²) in [6, 6.07) is 16.5. The molecule has 0 unspecified atom stereocenters. The Kier molecular flexibility index (Phi) is 6.38. The molecule has 1 atom stereocenters. The molecule has 0 spiro atoms. The minimum absolute atomic E-state index is 0.0608. The van der Waals surface area contributed by atoms with Crippen LogP contribution in [0.15, 0.2) is 53.5 Å². The third-order valence-corrected chi connectivity index (χ3v) is 4.93. The Hall–Kier alpha value is -2.49. The lowest BCUT2D eigenvalue weighted by Gasteiger charge is -2.19. The molecule has 0 radical (unpaired) electrons. The van der Waals surface area contributed by atoms with Gasteiger partial charge in [0.2, 0.25) is 0 Å². The van der Waals surface area contributed by atoms with Crippen molar-refractivity contribution in [3.05, 3.63) is 59.7 Å². The molecule has 1 N–H and O–H groups in total. The molecule has 0 heterocycles. The number of isothiocyanates is 1. The van der Waals surface area contributed by atoms with Gasteiger partial charge >= 0.3 is 6.09 Å². The number of aliphatic imine (C=N–C) groups is 1. The monoisotopic (exact) mass is 380 g/mol. The summed E-state index contributed by atoms with van der Waals surface area (Å²) in [4.78, 5) is 16.3. The Morgan fingerprint density at radius 2 is 1.74 bits per heavy atom. The fourth-order valence-electron chi connectivity index (χ4n) is 3.70. The molecule has 1 amide bonds. The van der Waals surface area contributed by atoms with E-state index in [2.05, 4.69) is 65.8 Å². The van der Waals surface area contributed by atoms with Gasteiger partial charge in [-0.2, -0.15) is 0 Å². The van der Waals surface area contributed by atoms with Gasteiger partial charge in [-0.3, -0.25) is 0 Å². The molecule has 0 bridgehead atoms. The van der Waals surface area contributed by atoms with E-state index in [1.165, 1.54) is 22.3 Å². The first-order valence-corrected chi connectivity index (χ1v) is 9.66. The van der Waals surface area contributed by atoms with Crippen LogP contribution in [0, 0.1) is 5.92 Å². The van der Waals surface area contributed by atoms with Gasteiger partial charge in [-0.15, -0.1) is 0 Å². The van der Waals surface area contributed by atoms with Crippen molar-refractivity contribution in [1.29, 1.82) is 0 Å². The number of amides is 1. The summed E-state index contributed by atoms with van der Waals surface area (Å²) in [7, 11) is 0. The quantitative estimate of drug-likeness (QED) is 0.541. The molecule has 2 aromatic carbocycles. The number of nitrogens with one attached hydrogen (secondary N) is 1. The van der Waals surface area contributed by atoms with Gasteiger partial charge in [0.1, 0.15) is 6.61 Å². The van der Waals surface area contributed by atoms with Crippen LogP contribution < -0.4 is 5.32 Å². The second kappa shape index (κ2) is 8.94. The van der Waals surface area contributed by atoms with E-state index in [1.54, 1.807) is 0 Å². The number of thiocarbonyl (C=S) groups is 1. The zero-order valence-corrected chi connectivity index (χ0v) is 16.5. The number of fused-ring (bicyclic) bond motifs is 3. The van der Waals surface area contributed by atoms with E-state index in [0.29, 0.717) is 19.1 Å². The number of benzene rings is 2. The number of nitrogens with zero attached hydrogens (tertiary/aromatic N) is 1. The highest BCUT2D eigenvalue weighted by Crippen LogP contribution is 2.44. The Labute approximate surface area is 165 Å². The number of ether oxygens (including phenoxy) is 1. The SMILES string of the molecule is CC(C)C[C@@H](CN=C=S)NC(=O)OCC1c2ccccc2-c2ccccc21. The third-order valence-electron chi connectivity index (χ3n) is 4.80. The standard InChI is InChI=1S/C22H24N2O2S/c1-15(2)11-16(12-23-14-27)24-22(25)26-13-21-19-9-5-3-7-17(19)18-8-4-6-10-20(18)21/h3-10,15-16,21H,11-13H2,1-2H3,(H,24,25)/t16-/m0/s1. The normalized spacial score (nSPS) is 13.4. The predicted octanol–water partition coefficient (Wildman–Crippen LogP) is 5.04. The van der Waals surface area contributed by atoms with Crippen LogP contribution in [-0.2, 0) is 4.74 Å². The molecule has 3 rings (SSSR count). The fraction of sp³-hybridized carbons (Fsp3) is 0.364. The van der Waals surface area contributed by atoms with Crippen molar-refractivity contribution in [2.75, 3.05) is 13.2 Å². The number of alkyl carbamates (subject to hydrolysis) is 1. The molecule has 140 valence electrons. The van der Waals surface area contributed by atoms with E-state index in [-0.39, 0.29) is 12.0 Å². The van der Waals surface area contributed by atoms with Crippen molar-refractivity contribution in [2.24, 2.45) is 10.9 Å². The van der Waals surface area contributed by atoms with Crippen LogP contribution in [0.25, 0.3) is 11.1 Å². The first-order chi connectivity index (χ1) is 13.1. The Morgan fingerprint density at radius 3 is 2.30 bits per heavy atom. The summed E-state index contributed by atoms with van der Waals surface area (Å²) in [5.41, 5.74) is 4.84. The van der Waals surface area contributed by atoms with Crippen LogP contribution in [-0.4, -0.2) is 30.4 Å². The molecule has 0 aromatic heterocycles. The average Bonchev–Trinajstić information content (AvgIpc) is 2.98. The lowest BCUT2D eigenvalue weighted by molar-refractivity contribution is 0.138. The molecule has 1 aliphatic rings. The second-order valence-electron chi connectivity index (χ2n) is 7.23. The van der Waals surface area contributed by atoms with E-state index in [1.807, 2.05) is 24.3 Å². The van der Waals surface area contributed by atoms with Gasteiger partial charge < -0.3 is 10.1 Å². The fourth-order valence-corrected chi connectivity index (χ4v) is 3.78. The zero-order chi connectivity index (χ0) is 19.2. The molecule has 5 heteroatoms. The van der Waals surface area contributed by atoms with Gasteiger partial charge in [-0.05, 0) is 46.8 Å². The molecule has 27 heavy (non-hydrogen) atoms. The lowest BCUT2D eigenvalue weighted by Crippen LogP contribution is -2.38. The smallest absolute Gasteiger partial charge is 0.407 e. The van der Waals surface area contributed by atoms with Crippen LogP contribution in [0.1, 0.15) is 37.3 Å². The van der Waals surface area contributed by atoms with Crippen LogP contribution in [0.2, 0.25) is 0 Å². The van der Waals surface area contributed by atoms with Gasteiger partial charge in [0.05, 0.1) is 17.7 Å². The molecule has 2 aromatic rings. The van der Waals surface area contributed by atoms with Crippen molar-refractivity contribution in [2.45, 2.75) is 32.2 Å². The molecular weight excluding hydrogens is 356 g/mol. The van der Waals surface area contributed by atoms with Gasteiger partial charge in [-0.25, -0.2) is 9.79 Å². The molecule has 1 aliphatic carbocycles. The number of hydrogen-bond acceptors (Lipinski definition) is 4. The summed E-state index contributed by atoms with van der Waals surface area (Å²) in [5, 5.41) is 5.27. The van der Waals surface area contributed by atoms with Crippen LogP contribution in [0.4, 0.5) is 4.79 Å². The van der Waals surface area contributed by atoms with E-state index >= 15 is 0 Å². The molecule has 0 fully saturated rings. The summed E-state index contributed by atoms with van der Waals surface area (Å²) >= 11 is 4.64. The number of carbonyl (C=O) groups excluding carboxylic acids is 1. The van der Waals surface area contributed by atoms with Crippen molar-refractivity contribution in [1.82, 2.24) is 5.32 Å². The maximum atomic E-state index is 12.4. The Bertz CT molecular complexity index is 813. The summed E-state index contributed by atoms with van der Waals surface area (Å²) in [5.74, 6) is 0.495. The van der Waals surface area contributed by atoms with E-state index in [9.17, 15) is 4.79 Å². The highest BCUT2D eigenvalue weighted by Gasteiger charge is 2.29. The number of carbonyl (C=O) groups is 1. The molecule has 0 aliphatic heterocycles. The predicted molar refractivity (Wildman–Crippen MR) is 111 cm³/mol. The zero-order valence-electron chi connectivity index (χ0n) is 15.6. The van der Waals surface area contributed by atoms with Crippen LogP contribution in [0.3, 0.4) is 0 Å². The van der Waals surface area contributed by atoms with Crippen molar-refractivity contribution in [3.63, 3.8) is 0 Å². The summed E-state index contributed by atoms with van der Waals surface area (Å²) in [6.07, 6.45) is 0.395. The number of hydrogen-bond donors (Lipinski definition) is 1. The topological polar surface area (TPSA) is 50.7 Å². The third kappa shape index (κ3) is 4.62. The molecule has 4 nitrogen and oxygen atoms in total. The minimum Gasteiger partial charge on any atom is -0.449 e. The second-order valence-corrected chi connectivity index (χ2v) is 7.41. The minimum atomic E-state index is -0.415. The van der Waals surface area contributed by atoms with E-state index in [4.69, 9.17) is 4.74 Å². The lowest BCUT2D eigenvalue weighted by atomic mass is 9.98. The largest absolute Gasteiger partial charge is 0.449 e. The maximum Gasteiger partial charge on any atom is 0.407 e. The Morgan fingerprint density at radius 1 is 1.15 bits per heavy atom. The number of rotatable bonds is 7. The first-order valence-electron chi connectivity index (χ1n) is 9.25. The summed E-state index contributed by atoms with van der Waals surface area (Å²) in [6.45, 7) is 4.94. The van der Waals surface area contributed by atoms with Crippen molar-refractivity contribution >= 4 is 23.5 Å². The highest BCUT2D eigenvalue weighted by atomic mass is 32.1. The van der Waals surface area contributed by atoms with Crippen LogP contribution in [0.5, 0.6) is 0 Å². The Balaban J connectivity index is 1.67. The van der Waals surface area contributed by atoms with Crippen molar-refractivity contribution in [3.8, 4) is 11.1 Å². The van der Waals surface area contributed by atoms with Gasteiger partial charge in [0.25, 0.3) is 0 Å². The average molecular weight is 381 g/mol. The molecule has 0 saturated heterocycles. The molecule has 0 saturated carbocycles. The van der Waals surface area contributed by atoms with Crippen LogP contribution >= 0.6 is 12.2 Å². The van der Waals surface area contributed by atoms with Gasteiger partial charge in [0, 0.05) is 5.92 Å². The summed E-state index contributed by atoms with van der Waals surface area (Å²) < 4.78 is 5.59.